The molecule has 30 heavy (non-hydrogen) atoms. The molecule has 3 heterocycles. The van der Waals surface area contributed by atoms with Crippen LogP contribution in [0, 0.1) is 6.92 Å². The van der Waals surface area contributed by atoms with Crippen molar-refractivity contribution in [2.45, 2.75) is 6.92 Å². The molecule has 1 aliphatic rings. The van der Waals surface area contributed by atoms with Crippen molar-refractivity contribution in [2.24, 2.45) is 0 Å². The number of anilines is 3. The molecule has 4 rings (SSSR count). The first-order valence-electron chi connectivity index (χ1n) is 10.1. The van der Waals surface area contributed by atoms with Gasteiger partial charge in [0.15, 0.2) is 11.6 Å². The van der Waals surface area contributed by atoms with Gasteiger partial charge in [-0.25, -0.2) is 9.97 Å². The minimum Gasteiger partial charge on any atom is -0.354 e. The molecule has 0 saturated carbocycles. The van der Waals surface area contributed by atoms with Crippen LogP contribution in [0.15, 0.2) is 43.0 Å². The molecule has 7 heteroatoms. The lowest BCUT2D eigenvalue weighted by Crippen LogP contribution is -2.44. The first-order chi connectivity index (χ1) is 14.6. The van der Waals surface area contributed by atoms with Crippen LogP contribution in [0.4, 0.5) is 17.5 Å². The number of aromatic nitrogens is 4. The van der Waals surface area contributed by atoms with Gasteiger partial charge in [-0.05, 0) is 31.2 Å². The van der Waals surface area contributed by atoms with E-state index in [1.54, 1.807) is 0 Å². The number of hydrogen-bond acceptors (Lipinski definition) is 6. The highest BCUT2D eigenvalue weighted by Gasteiger charge is 2.17. The maximum atomic E-state index is 4.80. The summed E-state index contributed by atoms with van der Waals surface area (Å²) in [6.45, 7) is 9.70. The Hall–Kier alpha value is -3.45. The summed E-state index contributed by atoms with van der Waals surface area (Å²) in [6.07, 6.45) is 5.81. The first kappa shape index (κ1) is 19.8. The third-order valence-corrected chi connectivity index (χ3v) is 5.12. The van der Waals surface area contributed by atoms with Crippen molar-refractivity contribution in [2.75, 3.05) is 43.4 Å². The van der Waals surface area contributed by atoms with Gasteiger partial charge in [-0.2, -0.15) is 5.10 Å². The molecule has 0 bridgehead atoms. The summed E-state index contributed by atoms with van der Waals surface area (Å²) in [6, 6.07) is 12.1. The van der Waals surface area contributed by atoms with E-state index in [4.69, 9.17) is 4.98 Å². The number of piperazine rings is 1. The quantitative estimate of drug-likeness (QED) is 0.654. The fraction of sp³-hybridized carbons (Fsp3) is 0.261. The number of aryl methyl sites for hydroxylation is 1. The Morgan fingerprint density at radius 2 is 1.70 bits per heavy atom. The highest BCUT2D eigenvalue weighted by molar-refractivity contribution is 5.69. The van der Waals surface area contributed by atoms with Crippen molar-refractivity contribution in [1.82, 2.24) is 25.1 Å². The lowest BCUT2D eigenvalue weighted by Gasteiger charge is -2.33. The Labute approximate surface area is 177 Å². The zero-order chi connectivity index (χ0) is 20.9. The van der Waals surface area contributed by atoms with Crippen molar-refractivity contribution >= 4 is 35.7 Å². The van der Waals surface area contributed by atoms with Gasteiger partial charge < -0.3 is 15.1 Å². The summed E-state index contributed by atoms with van der Waals surface area (Å²) >= 11 is 0. The van der Waals surface area contributed by atoms with E-state index in [9.17, 15) is 0 Å². The number of nitrogens with one attached hydrogen (secondary N) is 2. The van der Waals surface area contributed by atoms with Gasteiger partial charge in [0.25, 0.3) is 0 Å². The van der Waals surface area contributed by atoms with Crippen LogP contribution in [0.2, 0.25) is 0 Å². The number of H-pyrrole nitrogens is 1. The number of hydrogen-bond donors (Lipinski definition) is 2. The standard InChI is InChI=1S/C23H27N7/c1-4-18-5-7-19(8-6-18)9-10-20-24-21(25-22-15-17(2)27-28-22)16-23(26-20)30-13-11-29(3)12-14-30/h4-10,15-16H,1,11-14H2,2-3H3,(H2,24,25,26,27,28)/b10-9+. The molecule has 1 aromatic carbocycles. The Morgan fingerprint density at radius 3 is 2.37 bits per heavy atom. The summed E-state index contributed by atoms with van der Waals surface area (Å²) in [4.78, 5) is 14.1. The van der Waals surface area contributed by atoms with Gasteiger partial charge in [-0.15, -0.1) is 0 Å². The number of rotatable bonds is 6. The minimum atomic E-state index is 0.661. The second-order valence-electron chi connectivity index (χ2n) is 7.53. The molecule has 1 saturated heterocycles. The van der Waals surface area contributed by atoms with Crippen molar-refractivity contribution < 1.29 is 0 Å². The summed E-state index contributed by atoms with van der Waals surface area (Å²) < 4.78 is 0. The van der Waals surface area contributed by atoms with Gasteiger partial charge in [0.2, 0.25) is 0 Å². The number of aromatic amines is 1. The Kier molecular flexibility index (Phi) is 5.90. The van der Waals surface area contributed by atoms with E-state index < -0.39 is 0 Å². The highest BCUT2D eigenvalue weighted by Crippen LogP contribution is 2.21. The van der Waals surface area contributed by atoms with Crippen LogP contribution < -0.4 is 10.2 Å². The monoisotopic (exact) mass is 401 g/mol. The Morgan fingerprint density at radius 1 is 0.967 bits per heavy atom. The van der Waals surface area contributed by atoms with E-state index in [2.05, 4.69) is 56.1 Å². The van der Waals surface area contributed by atoms with Crippen LogP contribution in [0.25, 0.3) is 18.2 Å². The first-order valence-corrected chi connectivity index (χ1v) is 10.1. The molecule has 154 valence electrons. The fourth-order valence-electron chi connectivity index (χ4n) is 3.32. The molecule has 0 aliphatic carbocycles. The molecular formula is C23H27N7. The van der Waals surface area contributed by atoms with E-state index in [0.29, 0.717) is 5.82 Å². The normalized spacial score (nSPS) is 14.9. The maximum Gasteiger partial charge on any atom is 0.156 e. The van der Waals surface area contributed by atoms with E-state index in [1.165, 1.54) is 0 Å². The van der Waals surface area contributed by atoms with Crippen LogP contribution in [0.3, 0.4) is 0 Å². The van der Waals surface area contributed by atoms with Gasteiger partial charge >= 0.3 is 0 Å². The molecule has 7 nitrogen and oxygen atoms in total. The molecule has 1 fully saturated rings. The zero-order valence-electron chi connectivity index (χ0n) is 17.5. The van der Waals surface area contributed by atoms with Crippen LogP contribution in [-0.4, -0.2) is 58.3 Å². The van der Waals surface area contributed by atoms with Gasteiger partial charge in [0.05, 0.1) is 0 Å². The molecule has 1 aliphatic heterocycles. The lowest BCUT2D eigenvalue weighted by atomic mass is 10.1. The zero-order valence-corrected chi connectivity index (χ0v) is 17.5. The average Bonchev–Trinajstić information content (AvgIpc) is 3.17. The fourth-order valence-corrected chi connectivity index (χ4v) is 3.32. The Bertz CT molecular complexity index is 1030. The lowest BCUT2D eigenvalue weighted by molar-refractivity contribution is 0.312. The highest BCUT2D eigenvalue weighted by atomic mass is 15.3. The predicted molar refractivity (Wildman–Crippen MR) is 124 cm³/mol. The van der Waals surface area contributed by atoms with Crippen LogP contribution in [0.1, 0.15) is 22.6 Å². The number of benzene rings is 1. The van der Waals surface area contributed by atoms with E-state index in [0.717, 1.165) is 60.5 Å². The number of nitrogens with zero attached hydrogens (tertiary/aromatic N) is 5. The van der Waals surface area contributed by atoms with Gasteiger partial charge in [0.1, 0.15) is 11.6 Å². The predicted octanol–water partition coefficient (Wildman–Crippen LogP) is 3.82. The molecule has 0 atom stereocenters. The van der Waals surface area contributed by atoms with Crippen molar-refractivity contribution in [3.8, 4) is 0 Å². The van der Waals surface area contributed by atoms with Gasteiger partial charge in [-0.1, -0.05) is 43.0 Å². The van der Waals surface area contributed by atoms with Gasteiger partial charge in [-0.3, -0.25) is 5.10 Å². The number of likely N-dealkylation sites (N-methyl/N-ethyl adjacent to an activating group) is 1. The smallest absolute Gasteiger partial charge is 0.156 e. The molecule has 0 unspecified atom stereocenters. The third kappa shape index (κ3) is 4.93. The molecule has 3 aromatic rings. The average molecular weight is 402 g/mol. The van der Waals surface area contributed by atoms with Crippen LogP contribution >= 0.6 is 0 Å². The van der Waals surface area contributed by atoms with E-state index in [-0.39, 0.29) is 0 Å². The molecular weight excluding hydrogens is 374 g/mol. The maximum absolute atomic E-state index is 4.80. The third-order valence-electron chi connectivity index (χ3n) is 5.12. The van der Waals surface area contributed by atoms with Gasteiger partial charge in [0, 0.05) is 44.0 Å². The van der Waals surface area contributed by atoms with Crippen LogP contribution in [-0.2, 0) is 0 Å². The van der Waals surface area contributed by atoms with Crippen molar-refractivity contribution in [3.05, 3.63) is 65.6 Å². The second-order valence-corrected chi connectivity index (χ2v) is 7.53. The summed E-state index contributed by atoms with van der Waals surface area (Å²) in [5.41, 5.74) is 3.18. The SMILES string of the molecule is C=Cc1ccc(/C=C/c2nc(Nc3cc(C)[nH]n3)cc(N3CCN(C)CC3)n2)cc1. The minimum absolute atomic E-state index is 0.661. The summed E-state index contributed by atoms with van der Waals surface area (Å²) in [5, 5.41) is 10.5. The molecule has 2 N–H and O–H groups in total. The van der Waals surface area contributed by atoms with E-state index in [1.807, 2.05) is 49.4 Å². The molecule has 0 spiro atoms. The topological polar surface area (TPSA) is 73.0 Å². The molecule has 2 aromatic heterocycles. The largest absolute Gasteiger partial charge is 0.354 e. The van der Waals surface area contributed by atoms with Crippen LogP contribution in [0.5, 0.6) is 0 Å². The molecule has 0 radical (unpaired) electrons. The van der Waals surface area contributed by atoms with E-state index >= 15 is 0 Å². The second kappa shape index (κ2) is 8.92. The summed E-state index contributed by atoms with van der Waals surface area (Å²) in [5.74, 6) is 3.06. The van der Waals surface area contributed by atoms with Crippen molar-refractivity contribution in [3.63, 3.8) is 0 Å². The van der Waals surface area contributed by atoms with Crippen molar-refractivity contribution in [1.29, 1.82) is 0 Å². The summed E-state index contributed by atoms with van der Waals surface area (Å²) in [7, 11) is 2.15. The molecule has 0 amide bonds. The Balaban J connectivity index is 1.61.